The Kier molecular flexibility index (Phi) is 6.92. The average Bonchev–Trinajstić information content (AvgIpc) is 3.00. The minimum absolute atomic E-state index is 0.00817. The molecule has 0 radical (unpaired) electrons. The van der Waals surface area contributed by atoms with Gasteiger partial charge in [0.25, 0.3) is 17.1 Å². The van der Waals surface area contributed by atoms with Crippen LogP contribution >= 0.6 is 11.8 Å². The molecule has 0 unspecified atom stereocenters. The number of esters is 1. The van der Waals surface area contributed by atoms with Gasteiger partial charge < -0.3 is 14.4 Å². The molecule has 1 aromatic rings. The summed E-state index contributed by atoms with van der Waals surface area (Å²) in [5.41, 5.74) is 0.697. The van der Waals surface area contributed by atoms with E-state index in [9.17, 15) is 19.2 Å². The first-order valence-electron chi connectivity index (χ1n) is 9.31. The lowest BCUT2D eigenvalue weighted by atomic mass is 10.1. The number of likely N-dealkylation sites (tertiary alicyclic amines) is 1. The number of rotatable bonds is 6. The number of carbonyl (C=O) groups excluding carboxylic acids is 4. The molecular formula is C20H22N2O6S. The van der Waals surface area contributed by atoms with E-state index in [4.69, 9.17) is 4.74 Å². The third-order valence-electron chi connectivity index (χ3n) is 4.64. The Hall–Kier alpha value is -2.81. The van der Waals surface area contributed by atoms with Crippen molar-refractivity contribution in [1.29, 1.82) is 0 Å². The molecule has 0 aromatic heterocycles. The molecule has 154 valence electrons. The van der Waals surface area contributed by atoms with E-state index in [1.807, 2.05) is 4.90 Å². The minimum Gasteiger partial charge on any atom is -0.484 e. The summed E-state index contributed by atoms with van der Waals surface area (Å²) in [6, 6.07) is 6.87. The number of ether oxygens (including phenoxy) is 2. The van der Waals surface area contributed by atoms with Gasteiger partial charge in [0.1, 0.15) is 12.3 Å². The number of thioether (sulfide) groups is 1. The van der Waals surface area contributed by atoms with E-state index in [1.165, 1.54) is 7.11 Å². The molecule has 1 aromatic carbocycles. The van der Waals surface area contributed by atoms with Gasteiger partial charge in [-0.25, -0.2) is 0 Å². The van der Waals surface area contributed by atoms with E-state index in [0.29, 0.717) is 11.3 Å². The third-order valence-corrected chi connectivity index (χ3v) is 5.54. The molecule has 29 heavy (non-hydrogen) atoms. The van der Waals surface area contributed by atoms with Crippen LogP contribution in [0.15, 0.2) is 29.2 Å². The highest BCUT2D eigenvalue weighted by Crippen LogP contribution is 2.32. The topological polar surface area (TPSA) is 93.2 Å². The van der Waals surface area contributed by atoms with Crippen LogP contribution in [0.2, 0.25) is 0 Å². The van der Waals surface area contributed by atoms with Crippen LogP contribution in [0.25, 0.3) is 6.08 Å². The molecule has 2 saturated heterocycles. The van der Waals surface area contributed by atoms with Crippen LogP contribution in [0.4, 0.5) is 4.79 Å². The van der Waals surface area contributed by atoms with E-state index in [1.54, 1.807) is 30.3 Å². The lowest BCUT2D eigenvalue weighted by molar-refractivity contribution is -0.143. The smallest absolute Gasteiger partial charge is 0.325 e. The maximum Gasteiger partial charge on any atom is 0.325 e. The molecule has 0 N–H and O–H groups in total. The van der Waals surface area contributed by atoms with Gasteiger partial charge in [0.15, 0.2) is 6.61 Å². The molecule has 0 bridgehead atoms. The van der Waals surface area contributed by atoms with Crippen LogP contribution in [0.5, 0.6) is 5.75 Å². The zero-order valence-corrected chi connectivity index (χ0v) is 16.9. The Bertz CT molecular complexity index is 830. The SMILES string of the molecule is COC(=O)CN1C(=O)S/C(=C\c2ccc(OCC(=O)N3CCCCC3)cc2)C1=O. The van der Waals surface area contributed by atoms with Crippen LogP contribution in [0, 0.1) is 0 Å². The number of benzene rings is 1. The van der Waals surface area contributed by atoms with E-state index < -0.39 is 23.7 Å². The van der Waals surface area contributed by atoms with Crippen molar-refractivity contribution in [1.82, 2.24) is 9.80 Å². The molecule has 3 amide bonds. The van der Waals surface area contributed by atoms with E-state index in [2.05, 4.69) is 4.74 Å². The highest BCUT2D eigenvalue weighted by Gasteiger charge is 2.36. The van der Waals surface area contributed by atoms with Gasteiger partial charge in [-0.3, -0.25) is 24.1 Å². The van der Waals surface area contributed by atoms with Gasteiger partial charge in [-0.05, 0) is 54.8 Å². The molecule has 0 aliphatic carbocycles. The van der Waals surface area contributed by atoms with Crippen LogP contribution in [-0.2, 0) is 19.1 Å². The molecule has 2 fully saturated rings. The number of hydrogen-bond donors (Lipinski definition) is 0. The van der Waals surface area contributed by atoms with Crippen LogP contribution in [0.1, 0.15) is 24.8 Å². The number of hydrogen-bond acceptors (Lipinski definition) is 7. The number of nitrogens with zero attached hydrogens (tertiary/aromatic N) is 2. The van der Waals surface area contributed by atoms with Gasteiger partial charge >= 0.3 is 5.97 Å². The molecule has 9 heteroatoms. The predicted octanol–water partition coefficient (Wildman–Crippen LogP) is 2.29. The van der Waals surface area contributed by atoms with E-state index in [0.717, 1.165) is 49.0 Å². The second-order valence-corrected chi connectivity index (χ2v) is 7.64. The van der Waals surface area contributed by atoms with Gasteiger partial charge in [0.05, 0.1) is 12.0 Å². The van der Waals surface area contributed by atoms with Gasteiger partial charge in [-0.1, -0.05) is 12.1 Å². The summed E-state index contributed by atoms with van der Waals surface area (Å²) < 4.78 is 10.1. The summed E-state index contributed by atoms with van der Waals surface area (Å²) in [6.07, 6.45) is 4.80. The number of imide groups is 1. The molecule has 0 saturated carbocycles. The zero-order valence-electron chi connectivity index (χ0n) is 16.1. The average molecular weight is 418 g/mol. The fourth-order valence-electron chi connectivity index (χ4n) is 3.02. The largest absolute Gasteiger partial charge is 0.484 e. The van der Waals surface area contributed by atoms with Gasteiger partial charge in [0.2, 0.25) is 0 Å². The first kappa shape index (κ1) is 20.9. The molecule has 2 aliphatic heterocycles. The van der Waals surface area contributed by atoms with Crippen molar-refractivity contribution in [2.75, 3.05) is 33.4 Å². The molecule has 8 nitrogen and oxygen atoms in total. The molecule has 0 spiro atoms. The van der Waals surface area contributed by atoms with Crippen molar-refractivity contribution in [2.24, 2.45) is 0 Å². The fraction of sp³-hybridized carbons (Fsp3) is 0.400. The molecule has 3 rings (SSSR count). The normalized spacial score (nSPS) is 18.3. The van der Waals surface area contributed by atoms with Crippen molar-refractivity contribution < 1.29 is 28.7 Å². The monoisotopic (exact) mass is 418 g/mol. The van der Waals surface area contributed by atoms with E-state index in [-0.39, 0.29) is 17.4 Å². The summed E-state index contributed by atoms with van der Waals surface area (Å²) in [5, 5.41) is -0.511. The zero-order chi connectivity index (χ0) is 20.8. The second kappa shape index (κ2) is 9.60. The Morgan fingerprint density at radius 1 is 1.10 bits per heavy atom. The number of methoxy groups -OCH3 is 1. The Morgan fingerprint density at radius 3 is 2.45 bits per heavy atom. The second-order valence-electron chi connectivity index (χ2n) is 6.64. The van der Waals surface area contributed by atoms with Crippen LogP contribution in [0.3, 0.4) is 0 Å². The lowest BCUT2D eigenvalue weighted by Gasteiger charge is -2.26. The van der Waals surface area contributed by atoms with Gasteiger partial charge in [0, 0.05) is 13.1 Å². The third kappa shape index (κ3) is 5.38. The Labute approximate surface area is 172 Å². The molecule has 0 atom stereocenters. The summed E-state index contributed by atoms with van der Waals surface area (Å²) in [5.74, 6) is -0.661. The Morgan fingerprint density at radius 2 is 1.79 bits per heavy atom. The predicted molar refractivity (Wildman–Crippen MR) is 107 cm³/mol. The summed E-state index contributed by atoms with van der Waals surface area (Å²) in [7, 11) is 1.20. The van der Waals surface area contributed by atoms with Gasteiger partial charge in [-0.15, -0.1) is 0 Å². The first-order valence-corrected chi connectivity index (χ1v) is 10.1. The van der Waals surface area contributed by atoms with E-state index >= 15 is 0 Å². The van der Waals surface area contributed by atoms with Crippen LogP contribution in [-0.4, -0.2) is 66.2 Å². The van der Waals surface area contributed by atoms with Crippen LogP contribution < -0.4 is 4.74 Å². The summed E-state index contributed by atoms with van der Waals surface area (Å²) in [6.45, 7) is 1.15. The molecular weight excluding hydrogens is 396 g/mol. The van der Waals surface area contributed by atoms with Crippen molar-refractivity contribution in [2.45, 2.75) is 19.3 Å². The quantitative estimate of drug-likeness (QED) is 0.517. The van der Waals surface area contributed by atoms with Gasteiger partial charge in [-0.2, -0.15) is 0 Å². The number of amides is 3. The Balaban J connectivity index is 1.57. The number of piperidine rings is 1. The maximum atomic E-state index is 12.3. The summed E-state index contributed by atoms with van der Waals surface area (Å²) in [4.78, 5) is 50.6. The number of carbonyl (C=O) groups is 4. The molecule has 2 heterocycles. The van der Waals surface area contributed by atoms with Crippen molar-refractivity contribution in [3.63, 3.8) is 0 Å². The van der Waals surface area contributed by atoms with Crippen molar-refractivity contribution >= 4 is 40.9 Å². The highest BCUT2D eigenvalue weighted by molar-refractivity contribution is 8.18. The molecule has 2 aliphatic rings. The van der Waals surface area contributed by atoms with Crippen molar-refractivity contribution in [3.05, 3.63) is 34.7 Å². The maximum absolute atomic E-state index is 12.3. The summed E-state index contributed by atoms with van der Waals surface area (Å²) >= 11 is 0.773. The lowest BCUT2D eigenvalue weighted by Crippen LogP contribution is -2.38. The fourth-order valence-corrected chi connectivity index (χ4v) is 3.86. The highest BCUT2D eigenvalue weighted by atomic mass is 32.2. The minimum atomic E-state index is -0.658. The standard InChI is InChI=1S/C20H22N2O6S/c1-27-18(24)12-22-19(25)16(29-20(22)26)11-14-5-7-15(8-6-14)28-13-17(23)21-9-3-2-4-10-21/h5-8,11H,2-4,9-10,12-13H2,1H3/b16-11-. The first-order chi connectivity index (χ1) is 14.0. The van der Waals surface area contributed by atoms with Crippen molar-refractivity contribution in [3.8, 4) is 5.75 Å².